The van der Waals surface area contributed by atoms with E-state index >= 15 is 0 Å². The number of imidazole rings is 1. The van der Waals surface area contributed by atoms with Crippen LogP contribution >= 0.6 is 0 Å². The maximum Gasteiger partial charge on any atom is 0.573 e. The first-order valence-electron chi connectivity index (χ1n) is 10.4. The summed E-state index contributed by atoms with van der Waals surface area (Å²) >= 11 is 0. The van der Waals surface area contributed by atoms with E-state index in [2.05, 4.69) is 9.72 Å². The molecule has 0 aliphatic rings. The van der Waals surface area contributed by atoms with Crippen LogP contribution in [0.3, 0.4) is 0 Å². The standard InChI is InChI=1S/C23H21F3N4O4/c1-28-20-18(21(32)29(22(28)33)12-7-13-31)30(14-15-8-3-2-4-9-15)19(27-20)16-10-5-6-11-17(16)34-23(24,25)26/h2-6,8-11,31H,7,12-14H2,1H3. The Labute approximate surface area is 191 Å². The molecule has 0 unspecified atom stereocenters. The van der Waals surface area contributed by atoms with Gasteiger partial charge in [0.05, 0.1) is 5.56 Å². The van der Waals surface area contributed by atoms with E-state index in [0.29, 0.717) is 0 Å². The predicted octanol–water partition coefficient (Wildman–Crippen LogP) is 2.89. The molecule has 2 aromatic heterocycles. The second-order valence-electron chi connectivity index (χ2n) is 7.60. The molecule has 0 atom stereocenters. The van der Waals surface area contributed by atoms with Crippen LogP contribution in [0.5, 0.6) is 5.75 Å². The van der Waals surface area contributed by atoms with E-state index in [-0.39, 0.29) is 48.7 Å². The van der Waals surface area contributed by atoms with Crippen molar-refractivity contribution in [2.24, 2.45) is 7.05 Å². The van der Waals surface area contributed by atoms with Crippen LogP contribution in [-0.4, -0.2) is 36.8 Å². The molecule has 8 nitrogen and oxygen atoms in total. The number of aliphatic hydroxyl groups excluding tert-OH is 1. The first-order valence-corrected chi connectivity index (χ1v) is 10.4. The smallest absolute Gasteiger partial charge is 0.405 e. The van der Waals surface area contributed by atoms with E-state index in [1.165, 1.54) is 34.4 Å². The van der Waals surface area contributed by atoms with Crippen LogP contribution in [0.2, 0.25) is 0 Å². The molecular weight excluding hydrogens is 453 g/mol. The van der Waals surface area contributed by atoms with Gasteiger partial charge in [0.15, 0.2) is 11.2 Å². The Balaban J connectivity index is 2.04. The molecular formula is C23H21F3N4O4. The fourth-order valence-electron chi connectivity index (χ4n) is 3.79. The molecule has 0 aliphatic heterocycles. The summed E-state index contributed by atoms with van der Waals surface area (Å²) in [5, 5.41) is 9.17. The molecule has 0 bridgehead atoms. The highest BCUT2D eigenvalue weighted by Crippen LogP contribution is 2.34. The summed E-state index contributed by atoms with van der Waals surface area (Å²) in [7, 11) is 1.43. The highest BCUT2D eigenvalue weighted by molar-refractivity contribution is 5.79. The normalized spacial score (nSPS) is 11.8. The van der Waals surface area contributed by atoms with Gasteiger partial charge in [-0.2, -0.15) is 0 Å². The van der Waals surface area contributed by atoms with E-state index < -0.39 is 23.4 Å². The number of rotatable bonds is 7. The van der Waals surface area contributed by atoms with Gasteiger partial charge in [-0.15, -0.1) is 13.2 Å². The lowest BCUT2D eigenvalue weighted by molar-refractivity contribution is -0.274. The van der Waals surface area contributed by atoms with Crippen molar-refractivity contribution in [1.29, 1.82) is 0 Å². The number of halogens is 3. The second-order valence-corrected chi connectivity index (χ2v) is 7.60. The van der Waals surface area contributed by atoms with Crippen molar-refractivity contribution in [3.05, 3.63) is 81.0 Å². The summed E-state index contributed by atoms with van der Waals surface area (Å²) in [5.74, 6) is -0.434. The number of ether oxygens (including phenoxy) is 1. The van der Waals surface area contributed by atoms with Gasteiger partial charge >= 0.3 is 12.1 Å². The molecule has 4 aromatic rings. The highest BCUT2D eigenvalue weighted by atomic mass is 19.4. The van der Waals surface area contributed by atoms with Crippen molar-refractivity contribution in [3.8, 4) is 17.1 Å². The van der Waals surface area contributed by atoms with Crippen LogP contribution in [0.25, 0.3) is 22.6 Å². The second kappa shape index (κ2) is 9.18. The van der Waals surface area contributed by atoms with Gasteiger partial charge in [0.1, 0.15) is 11.6 Å². The molecule has 178 valence electrons. The lowest BCUT2D eigenvalue weighted by Gasteiger charge is -2.15. The van der Waals surface area contributed by atoms with E-state index in [9.17, 15) is 22.8 Å². The summed E-state index contributed by atoms with van der Waals surface area (Å²) in [6.07, 6.45) is -4.75. The van der Waals surface area contributed by atoms with Crippen LogP contribution < -0.4 is 16.0 Å². The molecule has 4 rings (SSSR count). The van der Waals surface area contributed by atoms with Crippen molar-refractivity contribution in [3.63, 3.8) is 0 Å². The molecule has 1 N–H and O–H groups in total. The lowest BCUT2D eigenvalue weighted by Crippen LogP contribution is -2.39. The molecule has 0 saturated carbocycles. The number of aryl methyl sites for hydroxylation is 1. The van der Waals surface area contributed by atoms with Crippen molar-refractivity contribution in [2.45, 2.75) is 25.9 Å². The monoisotopic (exact) mass is 474 g/mol. The summed E-state index contributed by atoms with van der Waals surface area (Å²) in [6, 6.07) is 14.5. The predicted molar refractivity (Wildman–Crippen MR) is 119 cm³/mol. The summed E-state index contributed by atoms with van der Waals surface area (Å²) < 4.78 is 47.1. The molecule has 0 amide bonds. The number of nitrogens with zero attached hydrogens (tertiary/aromatic N) is 4. The number of fused-ring (bicyclic) bond motifs is 1. The Morgan fingerprint density at radius 1 is 1.00 bits per heavy atom. The maximum absolute atomic E-state index is 13.4. The van der Waals surface area contributed by atoms with Crippen molar-refractivity contribution < 1.29 is 23.0 Å². The maximum atomic E-state index is 13.4. The van der Waals surface area contributed by atoms with Crippen molar-refractivity contribution in [1.82, 2.24) is 18.7 Å². The van der Waals surface area contributed by atoms with Gasteiger partial charge in [-0.1, -0.05) is 42.5 Å². The number of aliphatic hydroxyl groups is 1. The first-order chi connectivity index (χ1) is 16.2. The van der Waals surface area contributed by atoms with Crippen LogP contribution in [0.4, 0.5) is 13.2 Å². The van der Waals surface area contributed by atoms with Crippen molar-refractivity contribution >= 4 is 11.2 Å². The largest absolute Gasteiger partial charge is 0.573 e. The third kappa shape index (κ3) is 4.46. The zero-order valence-corrected chi connectivity index (χ0v) is 18.1. The minimum Gasteiger partial charge on any atom is -0.405 e. The van der Waals surface area contributed by atoms with E-state index in [1.807, 2.05) is 6.07 Å². The van der Waals surface area contributed by atoms with Gasteiger partial charge in [-0.3, -0.25) is 13.9 Å². The molecule has 11 heteroatoms. The summed E-state index contributed by atoms with van der Waals surface area (Å²) in [4.78, 5) is 30.6. The highest BCUT2D eigenvalue weighted by Gasteiger charge is 2.33. The fourth-order valence-corrected chi connectivity index (χ4v) is 3.79. The molecule has 0 fully saturated rings. The van der Waals surface area contributed by atoms with E-state index in [4.69, 9.17) is 5.11 Å². The van der Waals surface area contributed by atoms with Gasteiger partial charge in [0, 0.05) is 26.7 Å². The zero-order valence-electron chi connectivity index (χ0n) is 18.1. The molecule has 2 heterocycles. The quantitative estimate of drug-likeness (QED) is 0.445. The number of alkyl halides is 3. The van der Waals surface area contributed by atoms with Crippen LogP contribution in [0.15, 0.2) is 64.2 Å². The van der Waals surface area contributed by atoms with Crippen LogP contribution in [0, 0.1) is 0 Å². The molecule has 0 radical (unpaired) electrons. The zero-order chi connectivity index (χ0) is 24.5. The third-order valence-electron chi connectivity index (χ3n) is 5.31. The SMILES string of the molecule is Cn1c(=O)n(CCCO)c(=O)c2c1nc(-c1ccccc1OC(F)(F)F)n2Cc1ccccc1. The minimum absolute atomic E-state index is 0.0145. The Bertz CT molecular complexity index is 1440. The molecule has 34 heavy (non-hydrogen) atoms. The average molecular weight is 474 g/mol. The number of benzene rings is 2. The summed E-state index contributed by atoms with van der Waals surface area (Å²) in [6.45, 7) is -0.123. The Morgan fingerprint density at radius 3 is 2.35 bits per heavy atom. The average Bonchev–Trinajstić information content (AvgIpc) is 3.17. The van der Waals surface area contributed by atoms with Crippen molar-refractivity contribution in [2.75, 3.05) is 6.61 Å². The Morgan fingerprint density at radius 2 is 1.68 bits per heavy atom. The lowest BCUT2D eigenvalue weighted by atomic mass is 10.1. The molecule has 0 saturated heterocycles. The number of aromatic nitrogens is 4. The van der Waals surface area contributed by atoms with Gasteiger partial charge < -0.3 is 14.4 Å². The number of hydrogen-bond donors (Lipinski definition) is 1. The Kier molecular flexibility index (Phi) is 6.29. The Hall–Kier alpha value is -3.86. The van der Waals surface area contributed by atoms with Gasteiger partial charge in [0.25, 0.3) is 5.56 Å². The molecule has 2 aromatic carbocycles. The first kappa shape index (κ1) is 23.3. The van der Waals surface area contributed by atoms with Crippen LogP contribution in [-0.2, 0) is 20.1 Å². The molecule has 0 spiro atoms. The fraction of sp³-hybridized carbons (Fsp3) is 0.261. The van der Waals surface area contributed by atoms with E-state index in [0.717, 1.165) is 16.2 Å². The number of hydrogen-bond acceptors (Lipinski definition) is 5. The summed E-state index contributed by atoms with van der Waals surface area (Å²) in [5.41, 5.74) is -0.408. The van der Waals surface area contributed by atoms with Gasteiger partial charge in [0.2, 0.25) is 0 Å². The minimum atomic E-state index is -4.93. The topological polar surface area (TPSA) is 91.3 Å². The molecule has 0 aliphatic carbocycles. The van der Waals surface area contributed by atoms with Gasteiger partial charge in [-0.05, 0) is 24.1 Å². The number of para-hydroxylation sites is 1. The van der Waals surface area contributed by atoms with E-state index in [1.54, 1.807) is 24.3 Å². The van der Waals surface area contributed by atoms with Crippen LogP contribution in [0.1, 0.15) is 12.0 Å². The third-order valence-corrected chi connectivity index (χ3v) is 5.31. The van der Waals surface area contributed by atoms with Gasteiger partial charge in [-0.25, -0.2) is 9.78 Å².